The number of carboxylic acids is 1. The number of carbonyl (C=O) groups is 2. The molecule has 1 saturated heterocycles. The Hall–Kier alpha value is -1.26. The Morgan fingerprint density at radius 2 is 2.00 bits per heavy atom. The second kappa shape index (κ2) is 6.24. The molecule has 3 atom stereocenters. The highest BCUT2D eigenvalue weighted by atomic mass is 16.4. The predicted molar refractivity (Wildman–Crippen MR) is 81.0 cm³/mol. The van der Waals surface area contributed by atoms with Crippen molar-refractivity contribution in [3.8, 4) is 0 Å². The quantitative estimate of drug-likeness (QED) is 0.841. The summed E-state index contributed by atoms with van der Waals surface area (Å²) in [5.41, 5.74) is -0.373. The van der Waals surface area contributed by atoms with Crippen LogP contribution < -0.4 is 5.32 Å². The van der Waals surface area contributed by atoms with E-state index in [1.165, 1.54) is 17.7 Å². The molecular formula is C16H28N2O3. The minimum absolute atomic E-state index is 0.214. The van der Waals surface area contributed by atoms with E-state index in [0.29, 0.717) is 24.9 Å². The van der Waals surface area contributed by atoms with Crippen LogP contribution in [0.1, 0.15) is 52.9 Å². The van der Waals surface area contributed by atoms with E-state index < -0.39 is 12.0 Å². The molecule has 0 bridgehead atoms. The lowest BCUT2D eigenvalue weighted by molar-refractivity contribution is -0.148. The van der Waals surface area contributed by atoms with Crippen LogP contribution >= 0.6 is 0 Å². The number of nitrogens with one attached hydrogen (secondary N) is 1. The first-order chi connectivity index (χ1) is 9.83. The minimum Gasteiger partial charge on any atom is -0.480 e. The second-order valence-electron chi connectivity index (χ2n) is 7.38. The Morgan fingerprint density at radius 3 is 2.57 bits per heavy atom. The van der Waals surface area contributed by atoms with Crippen LogP contribution in [0.3, 0.4) is 0 Å². The summed E-state index contributed by atoms with van der Waals surface area (Å²) in [6.45, 7) is 7.30. The van der Waals surface area contributed by atoms with E-state index in [0.717, 1.165) is 19.3 Å². The molecule has 1 heterocycles. The number of rotatable bonds is 3. The van der Waals surface area contributed by atoms with Crippen LogP contribution in [0.5, 0.6) is 0 Å². The molecule has 2 rings (SSSR count). The van der Waals surface area contributed by atoms with Gasteiger partial charge in [-0.3, -0.25) is 0 Å². The smallest absolute Gasteiger partial charge is 0.327 e. The number of carbonyl (C=O) groups excluding carboxylic acids is 1. The van der Waals surface area contributed by atoms with Gasteiger partial charge in [0.05, 0.1) is 0 Å². The van der Waals surface area contributed by atoms with Crippen LogP contribution in [0.25, 0.3) is 0 Å². The summed E-state index contributed by atoms with van der Waals surface area (Å²) in [6, 6.07) is -0.943. The molecule has 0 aromatic carbocycles. The van der Waals surface area contributed by atoms with Crippen LogP contribution in [0, 0.1) is 17.3 Å². The van der Waals surface area contributed by atoms with Gasteiger partial charge in [0.2, 0.25) is 0 Å². The third-order valence-corrected chi connectivity index (χ3v) is 5.32. The maximum Gasteiger partial charge on any atom is 0.327 e. The summed E-state index contributed by atoms with van der Waals surface area (Å²) in [4.78, 5) is 25.5. The van der Waals surface area contributed by atoms with Crippen LogP contribution in [-0.4, -0.2) is 41.1 Å². The van der Waals surface area contributed by atoms with Crippen molar-refractivity contribution >= 4 is 12.0 Å². The van der Waals surface area contributed by atoms with Crippen molar-refractivity contribution in [2.24, 2.45) is 17.3 Å². The van der Waals surface area contributed by atoms with E-state index in [4.69, 9.17) is 0 Å². The molecule has 5 nitrogen and oxygen atoms in total. The lowest BCUT2D eigenvalue weighted by Gasteiger charge is -2.43. The molecule has 1 aliphatic carbocycles. The van der Waals surface area contributed by atoms with Gasteiger partial charge in [0.15, 0.2) is 0 Å². The summed E-state index contributed by atoms with van der Waals surface area (Å²) in [7, 11) is 0. The summed E-state index contributed by atoms with van der Waals surface area (Å²) in [5, 5.41) is 12.5. The Kier molecular flexibility index (Phi) is 4.79. The number of aliphatic carboxylic acids is 1. The summed E-state index contributed by atoms with van der Waals surface area (Å²) in [5.74, 6) is 0.289. The number of carboxylic acid groups (broad SMARTS) is 1. The first-order valence-electron chi connectivity index (χ1n) is 8.10. The Labute approximate surface area is 127 Å². The second-order valence-corrected chi connectivity index (χ2v) is 7.38. The number of nitrogens with zero attached hydrogens (tertiary/aromatic N) is 1. The number of urea groups is 1. The Bertz CT molecular complexity index is 408. The molecule has 1 aliphatic heterocycles. The molecule has 0 aromatic rings. The average Bonchev–Trinajstić information content (AvgIpc) is 2.79. The summed E-state index contributed by atoms with van der Waals surface area (Å²) >= 11 is 0. The van der Waals surface area contributed by atoms with Gasteiger partial charge < -0.3 is 15.3 Å². The maximum absolute atomic E-state index is 12.4. The van der Waals surface area contributed by atoms with E-state index in [-0.39, 0.29) is 11.4 Å². The van der Waals surface area contributed by atoms with Crippen LogP contribution in [-0.2, 0) is 4.79 Å². The van der Waals surface area contributed by atoms with Gasteiger partial charge in [0.1, 0.15) is 6.04 Å². The Balaban J connectivity index is 1.97. The van der Waals surface area contributed by atoms with Gasteiger partial charge in [-0.25, -0.2) is 9.59 Å². The van der Waals surface area contributed by atoms with Crippen molar-refractivity contribution in [3.63, 3.8) is 0 Å². The largest absolute Gasteiger partial charge is 0.480 e. The highest BCUT2D eigenvalue weighted by Gasteiger charge is 2.44. The average molecular weight is 296 g/mol. The normalized spacial score (nSPS) is 32.0. The van der Waals surface area contributed by atoms with Gasteiger partial charge >= 0.3 is 12.0 Å². The number of likely N-dealkylation sites (tertiary alicyclic amines) is 1. The fourth-order valence-corrected chi connectivity index (χ4v) is 3.92. The van der Waals surface area contributed by atoms with Gasteiger partial charge in [-0.05, 0) is 36.5 Å². The summed E-state index contributed by atoms with van der Waals surface area (Å²) < 4.78 is 0. The molecule has 3 unspecified atom stereocenters. The van der Waals surface area contributed by atoms with Crippen molar-refractivity contribution in [2.75, 3.05) is 13.1 Å². The number of amides is 2. The van der Waals surface area contributed by atoms with Crippen LogP contribution in [0.2, 0.25) is 0 Å². The van der Waals surface area contributed by atoms with Crippen molar-refractivity contribution in [3.05, 3.63) is 0 Å². The molecule has 2 fully saturated rings. The summed E-state index contributed by atoms with van der Waals surface area (Å²) in [6.07, 6.45) is 5.33. The molecule has 2 amide bonds. The maximum atomic E-state index is 12.4. The number of piperidine rings is 1. The van der Waals surface area contributed by atoms with Gasteiger partial charge in [-0.2, -0.15) is 0 Å². The molecule has 5 heteroatoms. The van der Waals surface area contributed by atoms with Gasteiger partial charge in [-0.15, -0.1) is 0 Å². The van der Waals surface area contributed by atoms with Gasteiger partial charge in [0, 0.05) is 13.1 Å². The monoisotopic (exact) mass is 296 g/mol. The minimum atomic E-state index is -0.899. The highest BCUT2D eigenvalue weighted by molar-refractivity contribution is 5.83. The molecule has 0 aromatic heterocycles. The first kappa shape index (κ1) is 16.1. The van der Waals surface area contributed by atoms with E-state index in [2.05, 4.69) is 12.2 Å². The lowest BCUT2D eigenvalue weighted by Crippen LogP contribution is -2.59. The third-order valence-electron chi connectivity index (χ3n) is 5.32. The standard InChI is InChI=1S/C16H28N2O3/c1-11-6-4-7-12(11)10-17-15(21)18-9-5-8-16(2,3)13(18)14(19)20/h11-13H,4-10H2,1-3H3,(H,17,21)(H,19,20). The number of hydrogen-bond acceptors (Lipinski definition) is 2. The zero-order chi connectivity index (χ0) is 15.6. The number of hydrogen-bond donors (Lipinski definition) is 2. The zero-order valence-electron chi connectivity index (χ0n) is 13.4. The molecule has 0 radical (unpaired) electrons. The Morgan fingerprint density at radius 1 is 1.29 bits per heavy atom. The first-order valence-corrected chi connectivity index (χ1v) is 8.10. The third kappa shape index (κ3) is 3.50. The molecule has 0 spiro atoms. The van der Waals surface area contributed by atoms with Gasteiger partial charge in [-0.1, -0.05) is 33.6 Å². The van der Waals surface area contributed by atoms with Gasteiger partial charge in [0.25, 0.3) is 0 Å². The van der Waals surface area contributed by atoms with Crippen molar-refractivity contribution in [1.82, 2.24) is 10.2 Å². The van der Waals surface area contributed by atoms with E-state index in [1.54, 1.807) is 0 Å². The molecular weight excluding hydrogens is 268 g/mol. The predicted octanol–water partition coefficient (Wildman–Crippen LogP) is 2.71. The van der Waals surface area contributed by atoms with Crippen molar-refractivity contribution in [2.45, 2.75) is 58.9 Å². The SMILES string of the molecule is CC1CCCC1CNC(=O)N1CCCC(C)(C)C1C(=O)O. The van der Waals surface area contributed by atoms with E-state index >= 15 is 0 Å². The van der Waals surface area contributed by atoms with Crippen molar-refractivity contribution in [1.29, 1.82) is 0 Å². The fourth-order valence-electron chi connectivity index (χ4n) is 3.92. The van der Waals surface area contributed by atoms with Crippen LogP contribution in [0.15, 0.2) is 0 Å². The molecule has 21 heavy (non-hydrogen) atoms. The molecule has 120 valence electrons. The molecule has 1 saturated carbocycles. The van der Waals surface area contributed by atoms with Crippen molar-refractivity contribution < 1.29 is 14.7 Å². The zero-order valence-corrected chi connectivity index (χ0v) is 13.4. The van der Waals surface area contributed by atoms with E-state index in [1.807, 2.05) is 13.8 Å². The van der Waals surface area contributed by atoms with Crippen LogP contribution in [0.4, 0.5) is 4.79 Å². The topological polar surface area (TPSA) is 69.6 Å². The highest BCUT2D eigenvalue weighted by Crippen LogP contribution is 2.35. The molecule has 2 N–H and O–H groups in total. The van der Waals surface area contributed by atoms with E-state index in [9.17, 15) is 14.7 Å². The fraction of sp³-hybridized carbons (Fsp3) is 0.875. The lowest BCUT2D eigenvalue weighted by atomic mass is 9.76. The molecule has 2 aliphatic rings.